The SMILES string of the molecule is O=C(O)c1sc(Oc2cc(Cl)c(Cl)cc2[N+](=O)[O-])nc1Cl. The summed E-state index contributed by atoms with van der Waals surface area (Å²) in [6, 6.07) is 2.16. The predicted molar refractivity (Wildman–Crippen MR) is 77.3 cm³/mol. The molecule has 110 valence electrons. The van der Waals surface area contributed by atoms with Crippen LogP contribution in [0.25, 0.3) is 0 Å². The standard InChI is InChI=1S/C10H3Cl3N2O5S/c11-3-1-5(15(18)19)6(2-4(3)12)20-10-14-8(13)7(21-10)9(16)17/h1-2H,(H,16,17). The Morgan fingerprint density at radius 1 is 1.33 bits per heavy atom. The van der Waals surface area contributed by atoms with Crippen LogP contribution in [0.15, 0.2) is 12.1 Å². The van der Waals surface area contributed by atoms with Gasteiger partial charge in [-0.15, -0.1) is 0 Å². The highest BCUT2D eigenvalue weighted by atomic mass is 35.5. The Labute approximate surface area is 135 Å². The molecule has 0 aliphatic heterocycles. The molecule has 1 aromatic heterocycles. The van der Waals surface area contributed by atoms with E-state index in [1.807, 2.05) is 0 Å². The Morgan fingerprint density at radius 2 is 1.95 bits per heavy atom. The molecule has 0 aliphatic rings. The van der Waals surface area contributed by atoms with E-state index in [-0.39, 0.29) is 31.0 Å². The first-order valence-electron chi connectivity index (χ1n) is 5.00. The second-order valence-corrected chi connectivity index (χ2v) is 5.63. The van der Waals surface area contributed by atoms with E-state index in [4.69, 9.17) is 44.6 Å². The van der Waals surface area contributed by atoms with Crippen LogP contribution in [0, 0.1) is 10.1 Å². The molecule has 21 heavy (non-hydrogen) atoms. The smallest absolute Gasteiger partial charge is 0.349 e. The summed E-state index contributed by atoms with van der Waals surface area (Å²) in [7, 11) is 0. The lowest BCUT2D eigenvalue weighted by molar-refractivity contribution is -0.385. The highest BCUT2D eigenvalue weighted by molar-refractivity contribution is 7.15. The van der Waals surface area contributed by atoms with E-state index in [2.05, 4.69) is 4.98 Å². The van der Waals surface area contributed by atoms with Crippen LogP contribution in [-0.2, 0) is 0 Å². The number of carboxylic acid groups (broad SMARTS) is 1. The maximum Gasteiger partial charge on any atom is 0.349 e. The van der Waals surface area contributed by atoms with Crippen LogP contribution in [0.4, 0.5) is 5.69 Å². The summed E-state index contributed by atoms with van der Waals surface area (Å²) in [6.07, 6.45) is 0. The van der Waals surface area contributed by atoms with Gasteiger partial charge in [0.2, 0.25) is 5.75 Å². The van der Waals surface area contributed by atoms with Crippen molar-refractivity contribution in [1.29, 1.82) is 0 Å². The van der Waals surface area contributed by atoms with Crippen LogP contribution < -0.4 is 4.74 Å². The highest BCUT2D eigenvalue weighted by Gasteiger charge is 2.22. The van der Waals surface area contributed by atoms with Crippen LogP contribution in [-0.4, -0.2) is 21.0 Å². The molecular formula is C10H3Cl3N2O5S. The first-order chi connectivity index (χ1) is 9.79. The number of nitrogens with zero attached hydrogens (tertiary/aromatic N) is 2. The second kappa shape index (κ2) is 6.02. The summed E-state index contributed by atoms with van der Waals surface area (Å²) in [5.74, 6) is -1.51. The van der Waals surface area contributed by atoms with Crippen molar-refractivity contribution in [1.82, 2.24) is 4.98 Å². The summed E-state index contributed by atoms with van der Waals surface area (Å²) < 4.78 is 5.19. The topological polar surface area (TPSA) is 103 Å². The molecule has 0 radical (unpaired) electrons. The summed E-state index contributed by atoms with van der Waals surface area (Å²) >= 11 is 17.7. The van der Waals surface area contributed by atoms with E-state index in [9.17, 15) is 14.9 Å². The molecule has 0 saturated carbocycles. The van der Waals surface area contributed by atoms with Gasteiger partial charge in [0.05, 0.1) is 15.0 Å². The van der Waals surface area contributed by atoms with E-state index in [1.165, 1.54) is 0 Å². The zero-order chi connectivity index (χ0) is 15.7. The van der Waals surface area contributed by atoms with Crippen LogP contribution >= 0.6 is 46.1 Å². The van der Waals surface area contributed by atoms with Crippen molar-refractivity contribution >= 4 is 57.8 Å². The number of hydrogen-bond donors (Lipinski definition) is 1. The molecular weight excluding hydrogens is 367 g/mol. The van der Waals surface area contributed by atoms with E-state index >= 15 is 0 Å². The van der Waals surface area contributed by atoms with Crippen molar-refractivity contribution in [3.8, 4) is 10.9 Å². The van der Waals surface area contributed by atoms with Gasteiger partial charge < -0.3 is 9.84 Å². The normalized spacial score (nSPS) is 10.4. The first kappa shape index (κ1) is 15.8. The van der Waals surface area contributed by atoms with Gasteiger partial charge in [0, 0.05) is 12.1 Å². The fourth-order valence-electron chi connectivity index (χ4n) is 1.30. The van der Waals surface area contributed by atoms with E-state index in [1.54, 1.807) is 0 Å². The van der Waals surface area contributed by atoms with Gasteiger partial charge in [-0.3, -0.25) is 10.1 Å². The quantitative estimate of drug-likeness (QED) is 0.628. The van der Waals surface area contributed by atoms with Gasteiger partial charge in [-0.2, -0.15) is 4.98 Å². The largest absolute Gasteiger partial charge is 0.477 e. The highest BCUT2D eigenvalue weighted by Crippen LogP contribution is 2.40. The minimum absolute atomic E-state index is 0.0147. The zero-order valence-electron chi connectivity index (χ0n) is 9.67. The molecule has 0 unspecified atom stereocenters. The number of nitro groups is 1. The lowest BCUT2D eigenvalue weighted by Crippen LogP contribution is -1.93. The Hall–Kier alpha value is -1.61. The molecule has 0 aliphatic carbocycles. The Balaban J connectivity index is 2.44. The number of nitro benzene ring substituents is 1. The van der Waals surface area contributed by atoms with Gasteiger partial charge >= 0.3 is 11.7 Å². The van der Waals surface area contributed by atoms with E-state index < -0.39 is 16.6 Å². The number of halogens is 3. The average Bonchev–Trinajstić information content (AvgIpc) is 2.74. The third-order valence-corrected chi connectivity index (χ3v) is 4.19. The number of carbonyl (C=O) groups is 1. The molecule has 0 bridgehead atoms. The Morgan fingerprint density at radius 3 is 2.48 bits per heavy atom. The monoisotopic (exact) mass is 368 g/mol. The summed E-state index contributed by atoms with van der Waals surface area (Å²) in [5.41, 5.74) is -0.437. The maximum absolute atomic E-state index is 10.9. The van der Waals surface area contributed by atoms with Gasteiger partial charge in [-0.05, 0) is 0 Å². The second-order valence-electron chi connectivity index (χ2n) is 3.50. The maximum atomic E-state index is 10.9. The average molecular weight is 370 g/mol. The minimum Gasteiger partial charge on any atom is -0.477 e. The van der Waals surface area contributed by atoms with Crippen LogP contribution in [0.1, 0.15) is 9.67 Å². The number of aromatic nitrogens is 1. The molecule has 0 saturated heterocycles. The first-order valence-corrected chi connectivity index (χ1v) is 6.95. The molecule has 1 aromatic carbocycles. The molecule has 0 spiro atoms. The number of ether oxygens (including phenoxy) is 1. The molecule has 0 amide bonds. The molecule has 1 heterocycles. The minimum atomic E-state index is -1.28. The van der Waals surface area contributed by atoms with Crippen molar-refractivity contribution in [2.24, 2.45) is 0 Å². The lowest BCUT2D eigenvalue weighted by Gasteiger charge is -2.04. The van der Waals surface area contributed by atoms with Gasteiger partial charge in [0.25, 0.3) is 5.19 Å². The number of benzene rings is 1. The molecule has 0 atom stereocenters. The predicted octanol–water partition coefficient (Wildman–Crippen LogP) is 4.50. The van der Waals surface area contributed by atoms with Crippen LogP contribution in [0.3, 0.4) is 0 Å². The van der Waals surface area contributed by atoms with Crippen molar-refractivity contribution in [3.05, 3.63) is 42.3 Å². The molecule has 0 fully saturated rings. The Kier molecular flexibility index (Phi) is 4.52. The number of carboxylic acids is 1. The summed E-state index contributed by atoms with van der Waals surface area (Å²) in [6.45, 7) is 0. The van der Waals surface area contributed by atoms with Gasteiger partial charge in [0.15, 0.2) is 10.0 Å². The third-order valence-electron chi connectivity index (χ3n) is 2.16. The third kappa shape index (κ3) is 3.35. The van der Waals surface area contributed by atoms with Crippen molar-refractivity contribution in [3.63, 3.8) is 0 Å². The summed E-state index contributed by atoms with van der Waals surface area (Å²) in [4.78, 5) is 24.5. The van der Waals surface area contributed by atoms with Crippen LogP contribution in [0.2, 0.25) is 15.2 Å². The number of thiazole rings is 1. The van der Waals surface area contributed by atoms with Crippen LogP contribution in [0.5, 0.6) is 10.9 Å². The number of hydrogen-bond acceptors (Lipinski definition) is 6. The molecule has 11 heteroatoms. The van der Waals surface area contributed by atoms with Gasteiger partial charge in [-0.25, -0.2) is 4.79 Å². The van der Waals surface area contributed by atoms with Crippen molar-refractivity contribution in [2.45, 2.75) is 0 Å². The molecule has 2 rings (SSSR count). The van der Waals surface area contributed by atoms with Gasteiger partial charge in [-0.1, -0.05) is 46.1 Å². The van der Waals surface area contributed by atoms with Crippen molar-refractivity contribution < 1.29 is 19.6 Å². The molecule has 7 nitrogen and oxygen atoms in total. The molecule has 1 N–H and O–H groups in total. The Bertz CT molecular complexity index is 749. The fraction of sp³-hybridized carbons (Fsp3) is 0. The lowest BCUT2D eigenvalue weighted by atomic mass is 10.3. The zero-order valence-corrected chi connectivity index (χ0v) is 12.8. The fourth-order valence-corrected chi connectivity index (χ4v) is 2.59. The molecule has 2 aromatic rings. The van der Waals surface area contributed by atoms with E-state index in [0.29, 0.717) is 11.3 Å². The van der Waals surface area contributed by atoms with Crippen molar-refractivity contribution in [2.75, 3.05) is 0 Å². The van der Waals surface area contributed by atoms with Gasteiger partial charge in [0.1, 0.15) is 0 Å². The van der Waals surface area contributed by atoms with E-state index in [0.717, 1.165) is 12.1 Å². The summed E-state index contributed by atoms with van der Waals surface area (Å²) in [5, 5.41) is 19.4. The number of rotatable bonds is 4. The number of aromatic carboxylic acids is 1.